The van der Waals surface area contributed by atoms with E-state index in [1.807, 2.05) is 12.1 Å². The van der Waals surface area contributed by atoms with Gasteiger partial charge in [0.1, 0.15) is 0 Å². The molecule has 0 radical (unpaired) electrons. The molecule has 1 atom stereocenters. The number of β-amino-alcohol motifs (C(OH)–C–C–N with tert-alkyl or cyclic N) is 1. The second-order valence-electron chi connectivity index (χ2n) is 4.07. The van der Waals surface area contributed by atoms with Crippen LogP contribution in [0.5, 0.6) is 0 Å². The molecule has 5 heteroatoms. The smallest absolute Gasteiger partial charge is 0.222 e. The average molecular weight is 236 g/mol. The minimum atomic E-state index is -0.933. The van der Waals surface area contributed by atoms with Gasteiger partial charge in [-0.05, 0) is 18.1 Å². The molecule has 1 unspecified atom stereocenters. The van der Waals surface area contributed by atoms with Crippen LogP contribution in [0.4, 0.5) is 0 Å². The van der Waals surface area contributed by atoms with Crippen molar-refractivity contribution in [3.8, 4) is 0 Å². The summed E-state index contributed by atoms with van der Waals surface area (Å²) in [4.78, 5) is 16.9. The molecule has 0 aromatic carbocycles. The third-order valence-electron chi connectivity index (χ3n) is 2.71. The quantitative estimate of drug-likeness (QED) is 0.758. The maximum absolute atomic E-state index is 11.3. The van der Waals surface area contributed by atoms with Crippen LogP contribution in [0.3, 0.4) is 0 Å². The van der Waals surface area contributed by atoms with Crippen LogP contribution in [-0.4, -0.2) is 40.3 Å². The molecule has 92 valence electrons. The Kier molecular flexibility index (Phi) is 4.06. The van der Waals surface area contributed by atoms with Crippen molar-refractivity contribution >= 4 is 5.91 Å². The largest absolute Gasteiger partial charge is 0.366 e. The number of nitrogens with zero attached hydrogens (tertiary/aromatic N) is 2. The molecule has 1 amide bonds. The molecule has 5 nitrogen and oxygen atoms in total. The van der Waals surface area contributed by atoms with Gasteiger partial charge in [0.2, 0.25) is 5.91 Å². The molecular weight excluding hydrogens is 220 g/mol. The van der Waals surface area contributed by atoms with Crippen LogP contribution in [0.15, 0.2) is 24.5 Å². The van der Waals surface area contributed by atoms with E-state index in [9.17, 15) is 9.90 Å². The van der Waals surface area contributed by atoms with Crippen molar-refractivity contribution in [3.05, 3.63) is 30.1 Å². The standard InChI is InChI=1S/C12H16N2O3/c15-11-4-2-6-14(11)8-12(16)17-9-10-3-1-5-13-7-10/h1,3,5,7,12,16H,2,4,6,8-9H2. The van der Waals surface area contributed by atoms with E-state index in [0.29, 0.717) is 19.6 Å². The monoisotopic (exact) mass is 236 g/mol. The van der Waals surface area contributed by atoms with E-state index in [4.69, 9.17) is 4.74 Å². The number of hydrogen-bond donors (Lipinski definition) is 1. The highest BCUT2D eigenvalue weighted by molar-refractivity contribution is 5.78. The van der Waals surface area contributed by atoms with Gasteiger partial charge in [-0.1, -0.05) is 6.07 Å². The lowest BCUT2D eigenvalue weighted by Gasteiger charge is -2.19. The van der Waals surface area contributed by atoms with Gasteiger partial charge in [-0.15, -0.1) is 0 Å². The van der Waals surface area contributed by atoms with Gasteiger partial charge in [0, 0.05) is 25.4 Å². The van der Waals surface area contributed by atoms with E-state index < -0.39 is 6.29 Å². The molecule has 0 bridgehead atoms. The number of likely N-dealkylation sites (tertiary alicyclic amines) is 1. The zero-order valence-electron chi connectivity index (χ0n) is 9.58. The molecule has 0 saturated carbocycles. The molecule has 1 N–H and O–H groups in total. The predicted molar refractivity (Wildman–Crippen MR) is 60.8 cm³/mol. The summed E-state index contributed by atoms with van der Waals surface area (Å²) >= 11 is 0. The third-order valence-corrected chi connectivity index (χ3v) is 2.71. The Labute approximate surface area is 100 Å². The molecule has 1 aromatic rings. The summed E-state index contributed by atoms with van der Waals surface area (Å²) in [5.41, 5.74) is 0.902. The van der Waals surface area contributed by atoms with Crippen LogP contribution in [0.2, 0.25) is 0 Å². The van der Waals surface area contributed by atoms with E-state index in [2.05, 4.69) is 4.98 Å². The van der Waals surface area contributed by atoms with Gasteiger partial charge in [0.15, 0.2) is 6.29 Å². The van der Waals surface area contributed by atoms with Crippen molar-refractivity contribution in [2.45, 2.75) is 25.7 Å². The van der Waals surface area contributed by atoms with Crippen molar-refractivity contribution < 1.29 is 14.6 Å². The number of rotatable bonds is 5. The van der Waals surface area contributed by atoms with Gasteiger partial charge in [0.05, 0.1) is 13.2 Å². The number of carbonyl (C=O) groups excluding carboxylic acids is 1. The first-order chi connectivity index (χ1) is 8.25. The highest BCUT2D eigenvalue weighted by Gasteiger charge is 2.22. The predicted octanol–water partition coefficient (Wildman–Crippen LogP) is 0.539. The molecular formula is C12H16N2O3. The van der Waals surface area contributed by atoms with Crippen molar-refractivity contribution in [1.82, 2.24) is 9.88 Å². The zero-order chi connectivity index (χ0) is 12.1. The summed E-state index contributed by atoms with van der Waals surface area (Å²) in [5.74, 6) is 0.0917. The van der Waals surface area contributed by atoms with Gasteiger partial charge in [0.25, 0.3) is 0 Å². The van der Waals surface area contributed by atoms with Gasteiger partial charge >= 0.3 is 0 Å². The Balaban J connectivity index is 1.74. The second-order valence-corrected chi connectivity index (χ2v) is 4.07. The van der Waals surface area contributed by atoms with Crippen LogP contribution in [-0.2, 0) is 16.1 Å². The summed E-state index contributed by atoms with van der Waals surface area (Å²) in [7, 11) is 0. The number of aliphatic hydroxyl groups excluding tert-OH is 1. The van der Waals surface area contributed by atoms with E-state index in [1.54, 1.807) is 17.3 Å². The van der Waals surface area contributed by atoms with Crippen molar-refractivity contribution in [1.29, 1.82) is 0 Å². The van der Waals surface area contributed by atoms with Crippen LogP contribution >= 0.6 is 0 Å². The molecule has 17 heavy (non-hydrogen) atoms. The third kappa shape index (κ3) is 3.51. The van der Waals surface area contributed by atoms with Gasteiger partial charge < -0.3 is 14.7 Å². The zero-order valence-corrected chi connectivity index (χ0v) is 9.58. The summed E-state index contributed by atoms with van der Waals surface area (Å²) in [6.45, 7) is 1.27. The lowest BCUT2D eigenvalue weighted by atomic mass is 10.3. The van der Waals surface area contributed by atoms with Gasteiger partial charge in [-0.2, -0.15) is 0 Å². The number of ether oxygens (including phenoxy) is 1. The lowest BCUT2D eigenvalue weighted by Crippen LogP contribution is -2.34. The summed E-state index contributed by atoms with van der Waals surface area (Å²) < 4.78 is 5.26. The van der Waals surface area contributed by atoms with E-state index in [-0.39, 0.29) is 12.5 Å². The molecule has 1 aromatic heterocycles. The maximum Gasteiger partial charge on any atom is 0.222 e. The summed E-state index contributed by atoms with van der Waals surface area (Å²) in [6, 6.07) is 3.69. The SMILES string of the molecule is O=C1CCCN1CC(O)OCc1cccnc1. The number of aliphatic hydroxyl groups is 1. The maximum atomic E-state index is 11.3. The number of amides is 1. The molecule has 1 saturated heterocycles. The topological polar surface area (TPSA) is 62.7 Å². The average Bonchev–Trinajstić information content (AvgIpc) is 2.74. The normalized spacial score (nSPS) is 17.5. The Hall–Kier alpha value is -1.46. The van der Waals surface area contributed by atoms with E-state index in [1.165, 1.54) is 0 Å². The molecule has 0 aliphatic carbocycles. The fourth-order valence-corrected chi connectivity index (χ4v) is 1.81. The second kappa shape index (κ2) is 5.75. The van der Waals surface area contributed by atoms with Crippen molar-refractivity contribution in [2.24, 2.45) is 0 Å². The number of aromatic nitrogens is 1. The molecule has 1 aliphatic heterocycles. The first-order valence-corrected chi connectivity index (χ1v) is 5.72. The van der Waals surface area contributed by atoms with Crippen LogP contribution in [0.25, 0.3) is 0 Å². The van der Waals surface area contributed by atoms with Crippen molar-refractivity contribution in [3.63, 3.8) is 0 Å². The minimum Gasteiger partial charge on any atom is -0.366 e. The molecule has 0 spiro atoms. The van der Waals surface area contributed by atoms with Gasteiger partial charge in [-0.25, -0.2) is 0 Å². The minimum absolute atomic E-state index is 0.0917. The highest BCUT2D eigenvalue weighted by Crippen LogP contribution is 2.10. The van der Waals surface area contributed by atoms with Crippen LogP contribution in [0, 0.1) is 0 Å². The Morgan fingerprint density at radius 3 is 3.12 bits per heavy atom. The highest BCUT2D eigenvalue weighted by atomic mass is 16.6. The Bertz CT molecular complexity index is 369. The van der Waals surface area contributed by atoms with Gasteiger partial charge in [-0.3, -0.25) is 9.78 Å². The fourth-order valence-electron chi connectivity index (χ4n) is 1.81. The van der Waals surface area contributed by atoms with E-state index in [0.717, 1.165) is 12.0 Å². The molecule has 2 heterocycles. The Morgan fingerprint density at radius 1 is 1.59 bits per heavy atom. The molecule has 1 fully saturated rings. The number of carbonyl (C=O) groups is 1. The van der Waals surface area contributed by atoms with E-state index >= 15 is 0 Å². The molecule has 2 rings (SSSR count). The molecule has 1 aliphatic rings. The number of pyridine rings is 1. The van der Waals surface area contributed by atoms with Crippen LogP contribution in [0.1, 0.15) is 18.4 Å². The summed E-state index contributed by atoms with van der Waals surface area (Å²) in [5, 5.41) is 9.65. The first-order valence-electron chi connectivity index (χ1n) is 5.72. The van der Waals surface area contributed by atoms with Crippen LogP contribution < -0.4 is 0 Å². The number of hydrogen-bond acceptors (Lipinski definition) is 4. The Morgan fingerprint density at radius 2 is 2.47 bits per heavy atom. The lowest BCUT2D eigenvalue weighted by molar-refractivity contribution is -0.142. The fraction of sp³-hybridized carbons (Fsp3) is 0.500. The van der Waals surface area contributed by atoms with Crippen molar-refractivity contribution in [2.75, 3.05) is 13.1 Å². The summed E-state index contributed by atoms with van der Waals surface area (Å²) in [6.07, 6.45) is 3.89. The first kappa shape index (κ1) is 12.0.